The molecule has 0 bridgehead atoms. The van der Waals surface area contributed by atoms with Gasteiger partial charge >= 0.3 is 6.03 Å². The van der Waals surface area contributed by atoms with Gasteiger partial charge in [-0.05, 0) is 19.3 Å². The molecule has 2 atom stereocenters. The number of piperidine rings is 2. The Hall–Kier alpha value is -1.34. The number of aliphatic hydroxyl groups excluding tert-OH is 2. The van der Waals surface area contributed by atoms with Crippen LogP contribution in [0.3, 0.4) is 0 Å². The third kappa shape index (κ3) is 3.65. The zero-order valence-electron chi connectivity index (χ0n) is 12.7. The van der Waals surface area contributed by atoms with Crippen molar-refractivity contribution in [2.24, 2.45) is 5.92 Å². The van der Waals surface area contributed by atoms with Gasteiger partial charge in [0.1, 0.15) is 0 Å². The summed E-state index contributed by atoms with van der Waals surface area (Å²) < 4.78 is 0. The van der Waals surface area contributed by atoms with Gasteiger partial charge < -0.3 is 24.9 Å². The molecular formula is C14H25N3O4. The van der Waals surface area contributed by atoms with E-state index in [-0.39, 0.29) is 24.4 Å². The number of likely N-dealkylation sites (tertiary alicyclic amines) is 2. The molecule has 0 aromatic heterocycles. The van der Waals surface area contributed by atoms with E-state index in [0.29, 0.717) is 38.9 Å². The third-order valence-electron chi connectivity index (χ3n) is 4.36. The van der Waals surface area contributed by atoms with E-state index >= 15 is 0 Å². The number of carbonyl (C=O) groups excluding carboxylic acids is 2. The average molecular weight is 299 g/mol. The highest BCUT2D eigenvalue weighted by Gasteiger charge is 2.34. The largest absolute Gasteiger partial charge is 0.390 e. The van der Waals surface area contributed by atoms with Crippen LogP contribution in [-0.2, 0) is 4.79 Å². The molecule has 2 heterocycles. The van der Waals surface area contributed by atoms with Gasteiger partial charge in [0.05, 0.1) is 12.2 Å². The summed E-state index contributed by atoms with van der Waals surface area (Å²) in [5.74, 6) is -0.0449. The van der Waals surface area contributed by atoms with Crippen molar-refractivity contribution in [3.05, 3.63) is 0 Å². The number of rotatable bonds is 1. The molecule has 0 saturated carbocycles. The highest BCUT2D eigenvalue weighted by molar-refractivity contribution is 5.80. The van der Waals surface area contributed by atoms with E-state index in [1.54, 1.807) is 28.8 Å². The molecule has 0 aromatic carbocycles. The van der Waals surface area contributed by atoms with Crippen molar-refractivity contribution >= 4 is 11.9 Å². The molecule has 7 heteroatoms. The van der Waals surface area contributed by atoms with Crippen molar-refractivity contribution in [3.8, 4) is 0 Å². The molecule has 2 fully saturated rings. The van der Waals surface area contributed by atoms with E-state index in [1.165, 1.54) is 0 Å². The molecule has 3 amide bonds. The van der Waals surface area contributed by atoms with Crippen molar-refractivity contribution in [1.82, 2.24) is 14.7 Å². The Morgan fingerprint density at radius 2 is 1.52 bits per heavy atom. The van der Waals surface area contributed by atoms with Crippen LogP contribution in [0, 0.1) is 5.92 Å². The van der Waals surface area contributed by atoms with Gasteiger partial charge in [-0.25, -0.2) is 4.79 Å². The van der Waals surface area contributed by atoms with Gasteiger partial charge in [-0.2, -0.15) is 0 Å². The van der Waals surface area contributed by atoms with Crippen LogP contribution in [-0.4, -0.2) is 89.3 Å². The third-order valence-corrected chi connectivity index (χ3v) is 4.36. The van der Waals surface area contributed by atoms with Crippen molar-refractivity contribution in [1.29, 1.82) is 0 Å². The van der Waals surface area contributed by atoms with E-state index in [4.69, 9.17) is 0 Å². The van der Waals surface area contributed by atoms with Crippen LogP contribution in [0.1, 0.15) is 19.3 Å². The molecule has 0 radical (unpaired) electrons. The van der Waals surface area contributed by atoms with Gasteiger partial charge in [-0.3, -0.25) is 4.79 Å². The second-order valence-electron chi connectivity index (χ2n) is 6.15. The van der Waals surface area contributed by atoms with Crippen LogP contribution < -0.4 is 0 Å². The lowest BCUT2D eigenvalue weighted by atomic mass is 9.94. The fraction of sp³-hybridized carbons (Fsp3) is 0.857. The molecule has 2 N–H and O–H groups in total. The summed E-state index contributed by atoms with van der Waals surface area (Å²) in [6.45, 7) is 1.88. The molecule has 0 unspecified atom stereocenters. The summed E-state index contributed by atoms with van der Waals surface area (Å²) in [4.78, 5) is 29.2. The molecule has 120 valence electrons. The first-order valence-corrected chi connectivity index (χ1v) is 7.51. The average Bonchev–Trinajstić information content (AvgIpc) is 2.48. The number of hydrogen-bond donors (Lipinski definition) is 2. The van der Waals surface area contributed by atoms with E-state index in [9.17, 15) is 19.8 Å². The van der Waals surface area contributed by atoms with E-state index in [1.807, 2.05) is 0 Å². The summed E-state index contributed by atoms with van der Waals surface area (Å²) in [5.41, 5.74) is 0. The Bertz CT molecular complexity index is 394. The number of nitrogens with zero attached hydrogens (tertiary/aromatic N) is 3. The fourth-order valence-electron chi connectivity index (χ4n) is 2.98. The molecule has 0 aliphatic carbocycles. The Morgan fingerprint density at radius 3 is 2.05 bits per heavy atom. The van der Waals surface area contributed by atoms with Crippen LogP contribution >= 0.6 is 0 Å². The molecular weight excluding hydrogens is 274 g/mol. The van der Waals surface area contributed by atoms with Gasteiger partial charge in [0.2, 0.25) is 5.91 Å². The van der Waals surface area contributed by atoms with Crippen molar-refractivity contribution in [2.45, 2.75) is 31.5 Å². The lowest BCUT2D eigenvalue weighted by Gasteiger charge is -2.38. The predicted molar refractivity (Wildman–Crippen MR) is 76.6 cm³/mol. The van der Waals surface area contributed by atoms with Crippen molar-refractivity contribution in [2.75, 3.05) is 40.3 Å². The number of aliphatic hydroxyl groups is 2. The highest BCUT2D eigenvalue weighted by Crippen LogP contribution is 2.22. The summed E-state index contributed by atoms with van der Waals surface area (Å²) in [7, 11) is 3.44. The lowest BCUT2D eigenvalue weighted by Crippen LogP contribution is -2.52. The molecule has 0 spiro atoms. The molecule has 7 nitrogen and oxygen atoms in total. The van der Waals surface area contributed by atoms with Crippen LogP contribution in [0.25, 0.3) is 0 Å². The van der Waals surface area contributed by atoms with E-state index in [0.717, 1.165) is 0 Å². The first kappa shape index (κ1) is 16.0. The predicted octanol–water partition coefficient (Wildman–Crippen LogP) is -0.666. The summed E-state index contributed by atoms with van der Waals surface area (Å²) >= 11 is 0. The maximum Gasteiger partial charge on any atom is 0.319 e. The highest BCUT2D eigenvalue weighted by atomic mass is 16.3. The minimum atomic E-state index is -0.849. The maximum atomic E-state index is 12.4. The van der Waals surface area contributed by atoms with Gasteiger partial charge in [-0.15, -0.1) is 0 Å². The normalized spacial score (nSPS) is 27.6. The maximum absolute atomic E-state index is 12.4. The quantitative estimate of drug-likeness (QED) is 0.673. The minimum Gasteiger partial charge on any atom is -0.390 e. The topological polar surface area (TPSA) is 84.3 Å². The smallest absolute Gasteiger partial charge is 0.319 e. The number of urea groups is 1. The molecule has 2 aliphatic heterocycles. The standard InChI is InChI=1S/C14H25N3O4/c1-15(2)14(21)16-6-3-10(4-7-16)13(20)17-8-5-11(18)12(19)9-17/h10-12,18-19H,3-9H2,1-2H3/t11-,12-/m0/s1. The fourth-order valence-corrected chi connectivity index (χ4v) is 2.98. The monoisotopic (exact) mass is 299 g/mol. The lowest BCUT2D eigenvalue weighted by molar-refractivity contribution is -0.143. The number of amides is 3. The van der Waals surface area contributed by atoms with Crippen molar-refractivity contribution < 1.29 is 19.8 Å². The van der Waals surface area contributed by atoms with Crippen LogP contribution in [0.2, 0.25) is 0 Å². The summed E-state index contributed by atoms with van der Waals surface area (Å²) in [5, 5.41) is 19.2. The molecule has 21 heavy (non-hydrogen) atoms. The van der Waals surface area contributed by atoms with Crippen LogP contribution in [0.4, 0.5) is 4.79 Å². The Kier molecular flexibility index (Phi) is 5.05. The molecule has 2 aliphatic rings. The zero-order valence-corrected chi connectivity index (χ0v) is 12.7. The molecule has 2 rings (SSSR count). The molecule has 2 saturated heterocycles. The number of β-amino-alcohol motifs (C(OH)–C–C–N with tert-alkyl or cyclic N) is 1. The van der Waals surface area contributed by atoms with E-state index < -0.39 is 12.2 Å². The first-order valence-electron chi connectivity index (χ1n) is 7.51. The number of carbonyl (C=O) groups is 2. The van der Waals surface area contributed by atoms with Crippen LogP contribution in [0.15, 0.2) is 0 Å². The van der Waals surface area contributed by atoms with Gasteiger partial charge in [-0.1, -0.05) is 0 Å². The van der Waals surface area contributed by atoms with Gasteiger partial charge in [0.15, 0.2) is 0 Å². The summed E-state index contributed by atoms with van der Waals surface area (Å²) in [6.07, 6.45) is 0.165. The first-order chi connectivity index (χ1) is 9.90. The van der Waals surface area contributed by atoms with Gasteiger partial charge in [0, 0.05) is 46.2 Å². The Morgan fingerprint density at radius 1 is 0.952 bits per heavy atom. The van der Waals surface area contributed by atoms with Crippen LogP contribution in [0.5, 0.6) is 0 Å². The minimum absolute atomic E-state index is 0.0163. The molecule has 0 aromatic rings. The zero-order chi connectivity index (χ0) is 15.6. The second-order valence-corrected chi connectivity index (χ2v) is 6.15. The SMILES string of the molecule is CN(C)C(=O)N1CCC(C(=O)N2CC[C@H](O)[C@@H](O)C2)CC1. The van der Waals surface area contributed by atoms with Gasteiger partial charge in [0.25, 0.3) is 0 Å². The second kappa shape index (κ2) is 6.62. The number of hydrogen-bond acceptors (Lipinski definition) is 4. The van der Waals surface area contributed by atoms with E-state index in [2.05, 4.69) is 0 Å². The Balaban J connectivity index is 1.85. The van der Waals surface area contributed by atoms with Crippen molar-refractivity contribution in [3.63, 3.8) is 0 Å². The summed E-state index contributed by atoms with van der Waals surface area (Å²) in [6, 6.07) is -0.0163. The Labute approximate surface area is 125 Å².